The van der Waals surface area contributed by atoms with Crippen LogP contribution in [0.15, 0.2) is 52.8 Å². The lowest BCUT2D eigenvalue weighted by molar-refractivity contribution is -0.123. The predicted octanol–water partition coefficient (Wildman–Crippen LogP) is 2.89. The highest BCUT2D eigenvalue weighted by molar-refractivity contribution is 6.32. The molecule has 0 aliphatic carbocycles. The highest BCUT2D eigenvalue weighted by atomic mass is 35.5. The molecule has 0 aromatic heterocycles. The second-order valence-corrected chi connectivity index (χ2v) is 7.46. The van der Waals surface area contributed by atoms with E-state index in [0.29, 0.717) is 16.4 Å². The molecule has 0 radical (unpaired) electrons. The Hall–Kier alpha value is -3.26. The van der Waals surface area contributed by atoms with Gasteiger partial charge in [0.05, 0.1) is 5.69 Å². The Bertz CT molecular complexity index is 1040. The third kappa shape index (κ3) is 3.47. The molecule has 3 amide bonds. The third-order valence-corrected chi connectivity index (χ3v) is 5.32. The Balaban J connectivity index is 1.49. The van der Waals surface area contributed by atoms with Crippen LogP contribution < -0.4 is 10.2 Å². The summed E-state index contributed by atoms with van der Waals surface area (Å²) in [4.78, 5) is 39.1. The van der Waals surface area contributed by atoms with Crippen LogP contribution in [0.1, 0.15) is 11.1 Å². The molecule has 2 atom stereocenters. The number of imide groups is 1. The number of aryl methyl sites for hydroxylation is 2. The number of fused-ring (bicyclic) bond motifs is 1. The van der Waals surface area contributed by atoms with Gasteiger partial charge in [0.1, 0.15) is 6.54 Å². The van der Waals surface area contributed by atoms with Crippen LogP contribution in [0, 0.1) is 13.8 Å². The molecule has 2 aromatic rings. The zero-order chi connectivity index (χ0) is 20.7. The van der Waals surface area contributed by atoms with E-state index in [0.717, 1.165) is 16.0 Å². The van der Waals surface area contributed by atoms with Gasteiger partial charge in [-0.1, -0.05) is 40.6 Å². The average Bonchev–Trinajstić information content (AvgIpc) is 3.20. The van der Waals surface area contributed by atoms with Crippen molar-refractivity contribution >= 4 is 40.7 Å². The maximum Gasteiger partial charge on any atom is 0.263 e. The summed E-state index contributed by atoms with van der Waals surface area (Å²) in [5.41, 5.74) is 2.93. The second-order valence-electron chi connectivity index (χ2n) is 7.05. The molecule has 1 fully saturated rings. The first-order chi connectivity index (χ1) is 13.8. The molecule has 8 nitrogen and oxygen atoms in total. The van der Waals surface area contributed by atoms with Gasteiger partial charge in [-0.15, -0.1) is 0 Å². The van der Waals surface area contributed by atoms with Gasteiger partial charge in [0.25, 0.3) is 11.8 Å². The minimum atomic E-state index is -0.963. The summed E-state index contributed by atoms with van der Waals surface area (Å²) in [6, 6.07) is 10.4. The number of nitrogens with one attached hydrogen (secondary N) is 1. The van der Waals surface area contributed by atoms with Crippen LogP contribution in [0.5, 0.6) is 0 Å². The smallest absolute Gasteiger partial charge is 0.263 e. The summed E-state index contributed by atoms with van der Waals surface area (Å²) in [5, 5.41) is 12.3. The topological polar surface area (TPSA) is 94.4 Å². The first-order valence-electron chi connectivity index (χ1n) is 9.03. The molecule has 2 aliphatic heterocycles. The molecule has 0 unspecified atom stereocenters. The van der Waals surface area contributed by atoms with Crippen LogP contribution in [-0.4, -0.2) is 41.4 Å². The van der Waals surface area contributed by atoms with Gasteiger partial charge in [-0.2, -0.15) is 5.11 Å². The summed E-state index contributed by atoms with van der Waals surface area (Å²) in [6.45, 7) is 3.59. The number of benzene rings is 2. The van der Waals surface area contributed by atoms with E-state index in [9.17, 15) is 14.4 Å². The van der Waals surface area contributed by atoms with Crippen molar-refractivity contribution in [2.45, 2.75) is 25.9 Å². The maximum absolute atomic E-state index is 13.0. The molecule has 4 rings (SSSR count). The van der Waals surface area contributed by atoms with Crippen molar-refractivity contribution in [3.63, 3.8) is 0 Å². The number of carbonyl (C=O) groups is 3. The van der Waals surface area contributed by atoms with E-state index in [1.165, 1.54) is 5.01 Å². The van der Waals surface area contributed by atoms with Gasteiger partial charge >= 0.3 is 0 Å². The summed E-state index contributed by atoms with van der Waals surface area (Å²) < 4.78 is 0. The lowest BCUT2D eigenvalue weighted by Gasteiger charge is -2.20. The molecule has 148 valence electrons. The largest absolute Gasteiger partial charge is 0.324 e. The lowest BCUT2D eigenvalue weighted by atomic mass is 10.1. The summed E-state index contributed by atoms with van der Waals surface area (Å²) in [6.07, 6.45) is 0. The van der Waals surface area contributed by atoms with E-state index in [4.69, 9.17) is 11.6 Å². The average molecular weight is 412 g/mol. The zero-order valence-electron chi connectivity index (χ0n) is 15.8. The van der Waals surface area contributed by atoms with Gasteiger partial charge in [0.2, 0.25) is 5.91 Å². The molecule has 0 bridgehead atoms. The normalized spacial score (nSPS) is 20.4. The number of amides is 3. The maximum atomic E-state index is 13.0. The van der Waals surface area contributed by atoms with Gasteiger partial charge in [-0.3, -0.25) is 19.4 Å². The minimum absolute atomic E-state index is 0.194. The summed E-state index contributed by atoms with van der Waals surface area (Å²) >= 11 is 6.14. The molecule has 1 saturated heterocycles. The zero-order valence-corrected chi connectivity index (χ0v) is 16.6. The quantitative estimate of drug-likeness (QED) is 0.782. The summed E-state index contributed by atoms with van der Waals surface area (Å²) in [5.74, 6) is -1.32. The number of hydrogen-bond donors (Lipinski definition) is 1. The Morgan fingerprint density at radius 2 is 1.83 bits per heavy atom. The molecular formula is C20H18ClN5O3. The van der Waals surface area contributed by atoms with E-state index >= 15 is 0 Å². The van der Waals surface area contributed by atoms with Crippen molar-refractivity contribution in [3.8, 4) is 0 Å². The Morgan fingerprint density at radius 1 is 1.10 bits per heavy atom. The highest BCUT2D eigenvalue weighted by Gasteiger charge is 2.55. The number of rotatable bonds is 4. The van der Waals surface area contributed by atoms with E-state index in [1.807, 2.05) is 26.0 Å². The van der Waals surface area contributed by atoms with Crippen LogP contribution in [-0.2, 0) is 14.4 Å². The molecule has 29 heavy (non-hydrogen) atoms. The third-order valence-electron chi connectivity index (χ3n) is 4.91. The number of anilines is 2. The van der Waals surface area contributed by atoms with Crippen LogP contribution in [0.3, 0.4) is 0 Å². The minimum Gasteiger partial charge on any atom is -0.324 e. The SMILES string of the molecule is Cc1ccc(NC(=O)CN2N=N[C@@H]3C(=O)N(c4ccc(C)c(Cl)c4)C(=O)[C@H]32)cc1. The van der Waals surface area contributed by atoms with E-state index in [-0.39, 0.29) is 12.5 Å². The van der Waals surface area contributed by atoms with Crippen molar-refractivity contribution in [2.24, 2.45) is 10.3 Å². The Kier molecular flexibility index (Phi) is 4.79. The number of carbonyl (C=O) groups excluding carboxylic acids is 3. The van der Waals surface area contributed by atoms with E-state index < -0.39 is 23.9 Å². The van der Waals surface area contributed by atoms with Crippen LogP contribution in [0.2, 0.25) is 5.02 Å². The number of nitrogens with zero attached hydrogens (tertiary/aromatic N) is 4. The van der Waals surface area contributed by atoms with Crippen molar-refractivity contribution in [1.29, 1.82) is 0 Å². The molecule has 2 aliphatic rings. The van der Waals surface area contributed by atoms with Gasteiger partial charge in [-0.05, 0) is 43.7 Å². The Morgan fingerprint density at radius 3 is 2.52 bits per heavy atom. The monoisotopic (exact) mass is 411 g/mol. The second kappa shape index (κ2) is 7.29. The predicted molar refractivity (Wildman–Crippen MR) is 108 cm³/mol. The van der Waals surface area contributed by atoms with Crippen LogP contribution in [0.25, 0.3) is 0 Å². The lowest BCUT2D eigenvalue weighted by Crippen LogP contribution is -2.43. The fourth-order valence-corrected chi connectivity index (χ4v) is 3.49. The fourth-order valence-electron chi connectivity index (χ4n) is 3.31. The van der Waals surface area contributed by atoms with E-state index in [1.54, 1.807) is 30.3 Å². The van der Waals surface area contributed by atoms with Crippen molar-refractivity contribution < 1.29 is 14.4 Å². The first-order valence-corrected chi connectivity index (χ1v) is 9.41. The number of halogens is 1. The molecule has 0 spiro atoms. The molecule has 2 aromatic carbocycles. The molecule has 9 heteroatoms. The molecular weight excluding hydrogens is 394 g/mol. The van der Waals surface area contributed by atoms with Gasteiger partial charge in [0.15, 0.2) is 12.1 Å². The van der Waals surface area contributed by atoms with Crippen LogP contribution in [0.4, 0.5) is 11.4 Å². The molecule has 2 heterocycles. The van der Waals surface area contributed by atoms with Gasteiger partial charge < -0.3 is 5.32 Å². The van der Waals surface area contributed by atoms with Crippen LogP contribution >= 0.6 is 11.6 Å². The fraction of sp³-hybridized carbons (Fsp3) is 0.250. The number of hydrogen-bond acceptors (Lipinski definition) is 6. The Labute approximate surface area is 172 Å². The molecule has 1 N–H and O–H groups in total. The first kappa shape index (κ1) is 19.1. The van der Waals surface area contributed by atoms with Gasteiger partial charge in [0, 0.05) is 10.7 Å². The van der Waals surface area contributed by atoms with Crippen molar-refractivity contribution in [2.75, 3.05) is 16.8 Å². The van der Waals surface area contributed by atoms with Crippen molar-refractivity contribution in [3.05, 3.63) is 58.6 Å². The highest BCUT2D eigenvalue weighted by Crippen LogP contribution is 2.33. The van der Waals surface area contributed by atoms with Crippen molar-refractivity contribution in [1.82, 2.24) is 5.01 Å². The summed E-state index contributed by atoms with van der Waals surface area (Å²) in [7, 11) is 0. The van der Waals surface area contributed by atoms with E-state index in [2.05, 4.69) is 15.7 Å². The standard InChI is InChI=1S/C20H18ClN5O3/c1-11-3-6-13(7-4-11)22-16(27)10-25-18-17(23-24-25)19(28)26(20(18)29)14-8-5-12(2)15(21)9-14/h3-9,17-18H,10H2,1-2H3,(H,22,27)/t17-,18-/m0/s1. The van der Waals surface area contributed by atoms with Gasteiger partial charge in [-0.25, -0.2) is 4.90 Å². The molecule has 0 saturated carbocycles.